The molecule has 6 aromatic rings. The fraction of sp³-hybridized carbons (Fsp3) is 0.167. The highest BCUT2D eigenvalue weighted by Crippen LogP contribution is 2.43. The molecule has 0 bridgehead atoms. The molecule has 1 heterocycles. The van der Waals surface area contributed by atoms with Gasteiger partial charge in [0.05, 0.1) is 0 Å². The van der Waals surface area contributed by atoms with Crippen LogP contribution in [0.2, 0.25) is 0 Å². The number of para-hydroxylation sites is 2. The monoisotopic (exact) mass is 493 g/mol. The normalized spacial score (nSPS) is 14.2. The molecule has 0 saturated heterocycles. The summed E-state index contributed by atoms with van der Waals surface area (Å²) in [4.78, 5) is 2.37. The predicted octanol–water partition coefficient (Wildman–Crippen LogP) is 10.3. The van der Waals surface area contributed by atoms with Crippen LogP contribution in [-0.2, 0) is 11.8 Å². The zero-order valence-corrected chi connectivity index (χ0v) is 22.2. The fourth-order valence-corrected chi connectivity index (χ4v) is 6.04. The van der Waals surface area contributed by atoms with Crippen molar-refractivity contribution in [1.29, 1.82) is 0 Å². The Labute approximate surface area is 224 Å². The molecule has 0 saturated carbocycles. The van der Waals surface area contributed by atoms with Crippen molar-refractivity contribution < 1.29 is 4.42 Å². The van der Waals surface area contributed by atoms with Gasteiger partial charge in [0.1, 0.15) is 11.2 Å². The number of rotatable bonds is 4. The minimum Gasteiger partial charge on any atom is -0.455 e. The van der Waals surface area contributed by atoms with Gasteiger partial charge in [0.25, 0.3) is 0 Å². The Balaban J connectivity index is 1.34. The van der Waals surface area contributed by atoms with Gasteiger partial charge in [-0.05, 0) is 84.3 Å². The summed E-state index contributed by atoms with van der Waals surface area (Å²) < 4.78 is 6.32. The van der Waals surface area contributed by atoms with Crippen molar-refractivity contribution in [2.45, 2.75) is 39.0 Å². The summed E-state index contributed by atoms with van der Waals surface area (Å²) in [5, 5.41) is 2.32. The average molecular weight is 494 g/mol. The van der Waals surface area contributed by atoms with Crippen molar-refractivity contribution in [3.63, 3.8) is 0 Å². The molecule has 2 heteroatoms. The first-order valence-corrected chi connectivity index (χ1v) is 13.5. The molecule has 0 atom stereocenters. The van der Waals surface area contributed by atoms with E-state index in [9.17, 15) is 0 Å². The zero-order chi connectivity index (χ0) is 25.9. The van der Waals surface area contributed by atoms with Gasteiger partial charge in [0, 0.05) is 33.4 Å². The van der Waals surface area contributed by atoms with Crippen molar-refractivity contribution in [3.8, 4) is 11.1 Å². The number of benzene rings is 5. The maximum absolute atomic E-state index is 6.32. The molecule has 2 nitrogen and oxygen atoms in total. The Morgan fingerprint density at radius 1 is 0.684 bits per heavy atom. The van der Waals surface area contributed by atoms with Gasteiger partial charge in [-0.15, -0.1) is 0 Å². The summed E-state index contributed by atoms with van der Waals surface area (Å²) in [6.45, 7) is 6.87. The molecule has 0 spiro atoms. The van der Waals surface area contributed by atoms with E-state index in [1.807, 2.05) is 12.1 Å². The van der Waals surface area contributed by atoms with Crippen LogP contribution in [-0.4, -0.2) is 0 Å². The molecule has 38 heavy (non-hydrogen) atoms. The Kier molecular flexibility index (Phi) is 5.19. The molecule has 1 aromatic heterocycles. The first kappa shape index (κ1) is 22.9. The number of anilines is 3. The van der Waals surface area contributed by atoms with Crippen LogP contribution in [0.25, 0.3) is 33.1 Å². The topological polar surface area (TPSA) is 16.4 Å². The van der Waals surface area contributed by atoms with Crippen molar-refractivity contribution in [2.75, 3.05) is 4.90 Å². The average Bonchev–Trinajstić information content (AvgIpc) is 3.47. The van der Waals surface area contributed by atoms with Crippen LogP contribution in [0, 0.1) is 6.92 Å². The van der Waals surface area contributed by atoms with Gasteiger partial charge < -0.3 is 9.32 Å². The van der Waals surface area contributed by atoms with Gasteiger partial charge in [0.15, 0.2) is 0 Å². The fourth-order valence-electron chi connectivity index (χ4n) is 6.04. The number of hydrogen-bond donors (Lipinski definition) is 0. The third-order valence-corrected chi connectivity index (χ3v) is 8.23. The predicted molar refractivity (Wildman–Crippen MR) is 160 cm³/mol. The van der Waals surface area contributed by atoms with E-state index >= 15 is 0 Å². The van der Waals surface area contributed by atoms with Gasteiger partial charge in [0.2, 0.25) is 0 Å². The molecule has 0 unspecified atom stereocenters. The van der Waals surface area contributed by atoms with Crippen molar-refractivity contribution in [3.05, 3.63) is 126 Å². The molecule has 0 N–H and O–H groups in total. The van der Waals surface area contributed by atoms with Gasteiger partial charge in [-0.1, -0.05) is 86.1 Å². The van der Waals surface area contributed by atoms with Crippen LogP contribution in [0.3, 0.4) is 0 Å². The Hall–Kier alpha value is -4.30. The molecule has 5 aromatic carbocycles. The van der Waals surface area contributed by atoms with Gasteiger partial charge >= 0.3 is 0 Å². The van der Waals surface area contributed by atoms with Gasteiger partial charge in [-0.3, -0.25) is 0 Å². The van der Waals surface area contributed by atoms with Crippen molar-refractivity contribution in [2.24, 2.45) is 0 Å². The van der Waals surface area contributed by atoms with Crippen LogP contribution >= 0.6 is 0 Å². The highest BCUT2D eigenvalue weighted by Gasteiger charge is 2.30. The number of aryl methyl sites for hydroxylation is 2. The Morgan fingerprint density at radius 2 is 1.37 bits per heavy atom. The first-order valence-electron chi connectivity index (χ1n) is 13.5. The van der Waals surface area contributed by atoms with Crippen LogP contribution in [0.1, 0.15) is 37.0 Å². The maximum Gasteiger partial charge on any atom is 0.143 e. The van der Waals surface area contributed by atoms with E-state index in [4.69, 9.17) is 4.42 Å². The number of fused-ring (bicyclic) bond motifs is 4. The maximum atomic E-state index is 6.32. The van der Waals surface area contributed by atoms with E-state index < -0.39 is 0 Å². The minimum absolute atomic E-state index is 0.208. The summed E-state index contributed by atoms with van der Waals surface area (Å²) in [5.74, 6) is 0. The van der Waals surface area contributed by atoms with E-state index in [2.05, 4.69) is 123 Å². The summed E-state index contributed by atoms with van der Waals surface area (Å²) in [6.07, 6.45) is 2.37. The van der Waals surface area contributed by atoms with E-state index in [1.54, 1.807) is 0 Å². The quantitative estimate of drug-likeness (QED) is 0.243. The molecular weight excluding hydrogens is 462 g/mol. The second kappa shape index (κ2) is 8.63. The molecule has 0 aliphatic heterocycles. The lowest BCUT2D eigenvalue weighted by Crippen LogP contribution is -2.14. The van der Waals surface area contributed by atoms with E-state index in [1.165, 1.54) is 34.5 Å². The molecule has 186 valence electrons. The second-order valence-corrected chi connectivity index (χ2v) is 11.2. The molecule has 0 amide bonds. The second-order valence-electron chi connectivity index (χ2n) is 11.2. The number of hydrogen-bond acceptors (Lipinski definition) is 2. The lowest BCUT2D eigenvalue weighted by Gasteiger charge is -2.28. The molecule has 0 radical (unpaired) electrons. The summed E-state index contributed by atoms with van der Waals surface area (Å²) in [5.41, 5.74) is 12.1. The van der Waals surface area contributed by atoms with Crippen LogP contribution in [0.4, 0.5) is 17.1 Å². The Bertz CT molecular complexity index is 1790. The highest BCUT2D eigenvalue weighted by atomic mass is 16.3. The molecule has 1 aliphatic carbocycles. The largest absolute Gasteiger partial charge is 0.455 e. The third kappa shape index (κ3) is 3.71. The zero-order valence-electron chi connectivity index (χ0n) is 22.2. The van der Waals surface area contributed by atoms with Gasteiger partial charge in [-0.25, -0.2) is 0 Å². The van der Waals surface area contributed by atoms with Crippen molar-refractivity contribution in [1.82, 2.24) is 0 Å². The number of furan rings is 1. The molecule has 1 aliphatic rings. The van der Waals surface area contributed by atoms with Crippen LogP contribution < -0.4 is 4.90 Å². The number of nitrogens with zero attached hydrogens (tertiary/aromatic N) is 1. The smallest absolute Gasteiger partial charge is 0.143 e. The summed E-state index contributed by atoms with van der Waals surface area (Å²) >= 11 is 0. The standard InChI is InChI=1S/C36H31NO/c1-24-11-16-27(17-12-24)37(29-20-15-26-21-22-36(2,3)33(26)23-29)28-18-13-25(14-19-28)30-8-6-9-32-31-7-4-5-10-34(31)38-35(30)32/h4-20,23H,21-22H2,1-3H3. The van der Waals surface area contributed by atoms with Crippen LogP contribution in [0.5, 0.6) is 0 Å². The first-order chi connectivity index (χ1) is 18.5. The molecular formula is C36H31NO. The van der Waals surface area contributed by atoms with Crippen molar-refractivity contribution >= 4 is 39.0 Å². The minimum atomic E-state index is 0.208. The lowest BCUT2D eigenvalue weighted by atomic mass is 9.86. The SMILES string of the molecule is Cc1ccc(N(c2ccc(-c3cccc4c3oc3ccccc34)cc2)c2ccc3c(c2)C(C)(C)CC3)cc1. The summed E-state index contributed by atoms with van der Waals surface area (Å²) in [7, 11) is 0. The third-order valence-electron chi connectivity index (χ3n) is 8.23. The molecule has 7 rings (SSSR count). The van der Waals surface area contributed by atoms with Crippen LogP contribution in [0.15, 0.2) is 114 Å². The Morgan fingerprint density at radius 3 is 2.16 bits per heavy atom. The van der Waals surface area contributed by atoms with Gasteiger partial charge in [-0.2, -0.15) is 0 Å². The van der Waals surface area contributed by atoms with E-state index in [-0.39, 0.29) is 5.41 Å². The highest BCUT2D eigenvalue weighted by molar-refractivity contribution is 6.09. The molecule has 0 fully saturated rings. The van der Waals surface area contributed by atoms with E-state index in [0.29, 0.717) is 0 Å². The van der Waals surface area contributed by atoms with E-state index in [0.717, 1.165) is 45.2 Å². The lowest BCUT2D eigenvalue weighted by molar-refractivity contribution is 0.522. The summed E-state index contributed by atoms with van der Waals surface area (Å²) in [6, 6.07) is 39.4.